The maximum Gasteiger partial charge on any atom is 0.250 e. The van der Waals surface area contributed by atoms with E-state index in [0.717, 1.165) is 37.3 Å². The Kier molecular flexibility index (Phi) is 4.73. The first-order valence-electron chi connectivity index (χ1n) is 7.14. The van der Waals surface area contributed by atoms with Crippen molar-refractivity contribution in [3.8, 4) is 0 Å². The number of anilines is 1. The SMILES string of the molecule is O=S(=O)(NCCCN1CCc2ccccc21)c1ccc(Cl)s1. The van der Waals surface area contributed by atoms with E-state index < -0.39 is 10.0 Å². The van der Waals surface area contributed by atoms with Gasteiger partial charge in [-0.1, -0.05) is 29.8 Å². The summed E-state index contributed by atoms with van der Waals surface area (Å²) in [5.74, 6) is 0. The highest BCUT2D eigenvalue weighted by atomic mass is 35.5. The second-order valence-electron chi connectivity index (χ2n) is 5.18. The van der Waals surface area contributed by atoms with Crippen molar-refractivity contribution >= 4 is 38.6 Å². The van der Waals surface area contributed by atoms with Crippen molar-refractivity contribution in [3.63, 3.8) is 0 Å². The summed E-state index contributed by atoms with van der Waals surface area (Å²) in [6.07, 6.45) is 1.84. The lowest BCUT2D eigenvalue weighted by molar-refractivity contribution is 0.580. The predicted octanol–water partition coefficient (Wildman–Crippen LogP) is 3.13. The lowest BCUT2D eigenvalue weighted by atomic mass is 10.2. The molecule has 22 heavy (non-hydrogen) atoms. The number of rotatable bonds is 6. The zero-order valence-corrected chi connectivity index (χ0v) is 14.3. The number of hydrogen-bond donors (Lipinski definition) is 1. The third-order valence-corrected chi connectivity index (χ3v) is 6.88. The molecular formula is C15H17ClN2O2S2. The molecule has 118 valence electrons. The van der Waals surface area contributed by atoms with Gasteiger partial charge in [0.2, 0.25) is 10.0 Å². The molecule has 1 N–H and O–H groups in total. The topological polar surface area (TPSA) is 49.4 Å². The standard InChI is InChI=1S/C15H17ClN2O2S2/c16-14-6-7-15(21-14)22(19,20)17-9-3-10-18-11-8-12-4-1-2-5-13(12)18/h1-2,4-7,17H,3,8-11H2. The molecule has 0 fully saturated rings. The fourth-order valence-electron chi connectivity index (χ4n) is 2.63. The van der Waals surface area contributed by atoms with Crippen LogP contribution in [-0.2, 0) is 16.4 Å². The van der Waals surface area contributed by atoms with Gasteiger partial charge < -0.3 is 4.90 Å². The van der Waals surface area contributed by atoms with Gasteiger partial charge >= 0.3 is 0 Å². The Bertz CT molecular complexity index is 758. The average Bonchev–Trinajstić information content (AvgIpc) is 3.11. The van der Waals surface area contributed by atoms with Gasteiger partial charge in [0.05, 0.1) is 4.34 Å². The summed E-state index contributed by atoms with van der Waals surface area (Å²) in [5.41, 5.74) is 2.65. The largest absolute Gasteiger partial charge is 0.371 e. The molecule has 0 saturated heterocycles. The van der Waals surface area contributed by atoms with E-state index in [1.54, 1.807) is 6.07 Å². The van der Waals surface area contributed by atoms with E-state index in [0.29, 0.717) is 10.9 Å². The van der Waals surface area contributed by atoms with Gasteiger partial charge in [-0.15, -0.1) is 11.3 Å². The van der Waals surface area contributed by atoms with Crippen LogP contribution < -0.4 is 9.62 Å². The number of halogens is 1. The highest BCUT2D eigenvalue weighted by molar-refractivity contribution is 7.91. The van der Waals surface area contributed by atoms with Gasteiger partial charge in [-0.25, -0.2) is 13.1 Å². The lowest BCUT2D eigenvalue weighted by Crippen LogP contribution is -2.28. The summed E-state index contributed by atoms with van der Waals surface area (Å²) in [4.78, 5) is 2.31. The van der Waals surface area contributed by atoms with Crippen molar-refractivity contribution in [1.82, 2.24) is 4.72 Å². The first-order chi connectivity index (χ1) is 10.6. The van der Waals surface area contributed by atoms with E-state index in [2.05, 4.69) is 27.8 Å². The van der Waals surface area contributed by atoms with Crippen molar-refractivity contribution in [2.24, 2.45) is 0 Å². The van der Waals surface area contributed by atoms with Gasteiger partial charge in [-0.2, -0.15) is 0 Å². The number of nitrogens with one attached hydrogen (secondary N) is 1. The highest BCUT2D eigenvalue weighted by Crippen LogP contribution is 2.27. The first-order valence-corrected chi connectivity index (χ1v) is 9.82. The van der Waals surface area contributed by atoms with Gasteiger partial charge in [0, 0.05) is 25.3 Å². The molecule has 0 aliphatic carbocycles. The van der Waals surface area contributed by atoms with Gasteiger partial charge in [0.1, 0.15) is 4.21 Å². The number of nitrogens with zero attached hydrogens (tertiary/aromatic N) is 1. The van der Waals surface area contributed by atoms with Crippen LogP contribution in [0.3, 0.4) is 0 Å². The normalized spacial score (nSPS) is 14.3. The number of fused-ring (bicyclic) bond motifs is 1. The summed E-state index contributed by atoms with van der Waals surface area (Å²) in [6.45, 7) is 2.29. The molecule has 0 radical (unpaired) electrons. The molecule has 2 heterocycles. The fourth-order valence-corrected chi connectivity index (χ4v) is 5.23. The Labute approximate surface area is 139 Å². The Morgan fingerprint density at radius 2 is 2.05 bits per heavy atom. The summed E-state index contributed by atoms with van der Waals surface area (Å²) < 4.78 is 27.5. The van der Waals surface area contributed by atoms with Crippen LogP contribution in [0.15, 0.2) is 40.6 Å². The van der Waals surface area contributed by atoms with Crippen LogP contribution in [0.2, 0.25) is 4.34 Å². The molecule has 0 unspecified atom stereocenters. The molecular weight excluding hydrogens is 340 g/mol. The van der Waals surface area contributed by atoms with Crippen molar-refractivity contribution < 1.29 is 8.42 Å². The molecule has 7 heteroatoms. The van der Waals surface area contributed by atoms with Gasteiger partial charge in [-0.3, -0.25) is 0 Å². The summed E-state index contributed by atoms with van der Waals surface area (Å²) in [5, 5.41) is 0. The summed E-state index contributed by atoms with van der Waals surface area (Å²) in [6, 6.07) is 11.5. The van der Waals surface area contributed by atoms with Crippen LogP contribution in [0.1, 0.15) is 12.0 Å². The molecule has 1 aromatic carbocycles. The van der Waals surface area contributed by atoms with Crippen LogP contribution >= 0.6 is 22.9 Å². The molecule has 0 atom stereocenters. The van der Waals surface area contributed by atoms with Gasteiger partial charge in [0.15, 0.2) is 0 Å². The molecule has 0 bridgehead atoms. The van der Waals surface area contributed by atoms with Gasteiger partial charge in [0.25, 0.3) is 0 Å². The van der Waals surface area contributed by atoms with E-state index >= 15 is 0 Å². The van der Waals surface area contributed by atoms with E-state index in [1.165, 1.54) is 17.3 Å². The average molecular weight is 357 g/mol. The van der Waals surface area contributed by atoms with Crippen molar-refractivity contribution in [1.29, 1.82) is 0 Å². The zero-order chi connectivity index (χ0) is 15.6. The number of thiophene rings is 1. The monoisotopic (exact) mass is 356 g/mol. The molecule has 0 saturated carbocycles. The minimum atomic E-state index is -3.43. The third kappa shape index (κ3) is 3.46. The van der Waals surface area contributed by atoms with Crippen LogP contribution in [-0.4, -0.2) is 28.1 Å². The molecule has 4 nitrogen and oxygen atoms in total. The van der Waals surface area contributed by atoms with E-state index in [4.69, 9.17) is 11.6 Å². The van der Waals surface area contributed by atoms with Crippen LogP contribution in [0.5, 0.6) is 0 Å². The first kappa shape index (κ1) is 15.8. The summed E-state index contributed by atoms with van der Waals surface area (Å²) >= 11 is 6.85. The fraction of sp³-hybridized carbons (Fsp3) is 0.333. The number of sulfonamides is 1. The molecule has 0 spiro atoms. The molecule has 1 aliphatic heterocycles. The van der Waals surface area contributed by atoms with Crippen LogP contribution in [0.25, 0.3) is 0 Å². The highest BCUT2D eigenvalue weighted by Gasteiger charge is 2.19. The van der Waals surface area contributed by atoms with E-state index in [-0.39, 0.29) is 4.21 Å². The second kappa shape index (κ2) is 6.58. The van der Waals surface area contributed by atoms with Crippen LogP contribution in [0.4, 0.5) is 5.69 Å². The smallest absolute Gasteiger partial charge is 0.250 e. The Morgan fingerprint density at radius 3 is 2.82 bits per heavy atom. The second-order valence-corrected chi connectivity index (χ2v) is 8.88. The predicted molar refractivity (Wildman–Crippen MR) is 91.5 cm³/mol. The molecule has 0 amide bonds. The van der Waals surface area contributed by atoms with Crippen molar-refractivity contribution in [3.05, 3.63) is 46.3 Å². The third-order valence-electron chi connectivity index (χ3n) is 3.69. The molecule has 1 aromatic heterocycles. The quantitative estimate of drug-likeness (QED) is 0.809. The maximum atomic E-state index is 12.1. The zero-order valence-electron chi connectivity index (χ0n) is 12.0. The van der Waals surface area contributed by atoms with E-state index in [9.17, 15) is 8.42 Å². The Hall–Kier alpha value is -1.08. The molecule has 1 aliphatic rings. The number of para-hydroxylation sites is 1. The summed E-state index contributed by atoms with van der Waals surface area (Å²) in [7, 11) is -3.43. The Balaban J connectivity index is 1.50. The van der Waals surface area contributed by atoms with Gasteiger partial charge in [-0.05, 0) is 36.6 Å². The number of hydrogen-bond acceptors (Lipinski definition) is 4. The van der Waals surface area contributed by atoms with E-state index in [1.807, 2.05) is 6.07 Å². The molecule has 2 aromatic rings. The minimum absolute atomic E-state index is 0.268. The van der Waals surface area contributed by atoms with Crippen LogP contribution in [0, 0.1) is 0 Å². The number of benzene rings is 1. The van der Waals surface area contributed by atoms with Crippen molar-refractivity contribution in [2.75, 3.05) is 24.5 Å². The minimum Gasteiger partial charge on any atom is -0.371 e. The Morgan fingerprint density at radius 1 is 1.23 bits per heavy atom. The maximum absolute atomic E-state index is 12.1. The molecule has 3 rings (SSSR count). The lowest BCUT2D eigenvalue weighted by Gasteiger charge is -2.19. The van der Waals surface area contributed by atoms with Crippen molar-refractivity contribution in [2.45, 2.75) is 17.1 Å².